The number of aliphatic imine (C=N–C) groups is 1. The van der Waals surface area contributed by atoms with E-state index in [1.165, 1.54) is 0 Å². The van der Waals surface area contributed by atoms with Crippen molar-refractivity contribution in [3.63, 3.8) is 0 Å². The second kappa shape index (κ2) is 9.98. The van der Waals surface area contributed by atoms with Gasteiger partial charge in [0.05, 0.1) is 18.7 Å². The fourth-order valence-electron chi connectivity index (χ4n) is 2.78. The number of ether oxygens (including phenoxy) is 2. The predicted molar refractivity (Wildman–Crippen MR) is 97.3 cm³/mol. The van der Waals surface area contributed by atoms with Crippen molar-refractivity contribution < 1.29 is 22.6 Å². The number of nitrogens with zero attached hydrogens (tertiary/aromatic N) is 3. The van der Waals surface area contributed by atoms with E-state index in [0.717, 1.165) is 38.1 Å². The van der Waals surface area contributed by atoms with E-state index in [9.17, 15) is 13.2 Å². The molecule has 1 aliphatic rings. The fourth-order valence-corrected chi connectivity index (χ4v) is 3.00. The van der Waals surface area contributed by atoms with Crippen LogP contribution in [0.5, 0.6) is 5.88 Å². The lowest BCUT2D eigenvalue weighted by Gasteiger charge is -2.21. The number of halogens is 4. The second-order valence-corrected chi connectivity index (χ2v) is 6.50. The molecule has 0 amide bonds. The molecule has 2 heterocycles. The zero-order valence-electron chi connectivity index (χ0n) is 15.4. The van der Waals surface area contributed by atoms with Gasteiger partial charge in [-0.05, 0) is 19.4 Å². The molecule has 0 saturated carbocycles. The second-order valence-electron chi connectivity index (χ2n) is 6.09. The SMILES string of the molecule is CCOCC1CCN(C(=NC)NCCOc2ncc(C(F)(F)F)cc2Cl)C1. The zero-order chi connectivity index (χ0) is 19.9. The van der Waals surface area contributed by atoms with Gasteiger partial charge in [0, 0.05) is 38.9 Å². The Morgan fingerprint density at radius 2 is 2.26 bits per heavy atom. The lowest BCUT2D eigenvalue weighted by atomic mass is 10.1. The molecule has 2 rings (SSSR count). The molecule has 0 radical (unpaired) electrons. The van der Waals surface area contributed by atoms with E-state index < -0.39 is 11.7 Å². The molecule has 1 aliphatic heterocycles. The smallest absolute Gasteiger partial charge is 0.417 e. The third kappa shape index (κ3) is 6.42. The van der Waals surface area contributed by atoms with Crippen LogP contribution >= 0.6 is 11.6 Å². The lowest BCUT2D eigenvalue weighted by molar-refractivity contribution is -0.137. The molecule has 1 aromatic heterocycles. The monoisotopic (exact) mass is 408 g/mol. The highest BCUT2D eigenvalue weighted by Gasteiger charge is 2.31. The molecule has 27 heavy (non-hydrogen) atoms. The van der Waals surface area contributed by atoms with Crippen molar-refractivity contribution in [1.82, 2.24) is 15.2 Å². The first-order valence-corrected chi connectivity index (χ1v) is 9.11. The predicted octanol–water partition coefficient (Wildman–Crippen LogP) is 3.07. The van der Waals surface area contributed by atoms with E-state index in [1.54, 1.807) is 7.05 Å². The van der Waals surface area contributed by atoms with Crippen molar-refractivity contribution in [3.8, 4) is 5.88 Å². The summed E-state index contributed by atoms with van der Waals surface area (Å²) in [4.78, 5) is 10.0. The van der Waals surface area contributed by atoms with Gasteiger partial charge in [-0.1, -0.05) is 11.6 Å². The van der Waals surface area contributed by atoms with Crippen molar-refractivity contribution in [3.05, 3.63) is 22.8 Å². The maximum absolute atomic E-state index is 12.6. The largest absolute Gasteiger partial charge is 0.475 e. The topological polar surface area (TPSA) is 59.0 Å². The molecule has 10 heteroatoms. The van der Waals surface area contributed by atoms with Gasteiger partial charge in [-0.3, -0.25) is 4.99 Å². The lowest BCUT2D eigenvalue weighted by Crippen LogP contribution is -2.41. The number of likely N-dealkylation sites (tertiary alicyclic amines) is 1. The van der Waals surface area contributed by atoms with Gasteiger partial charge >= 0.3 is 6.18 Å². The van der Waals surface area contributed by atoms with Gasteiger partial charge in [0.1, 0.15) is 11.6 Å². The summed E-state index contributed by atoms with van der Waals surface area (Å²) in [6, 6.07) is 0.805. The summed E-state index contributed by atoms with van der Waals surface area (Å²) in [7, 11) is 1.70. The van der Waals surface area contributed by atoms with Crippen LogP contribution in [0.3, 0.4) is 0 Å². The Labute approximate surface area is 161 Å². The molecular formula is C17H24ClF3N4O2. The zero-order valence-corrected chi connectivity index (χ0v) is 16.1. The van der Waals surface area contributed by atoms with Crippen LogP contribution in [0.1, 0.15) is 18.9 Å². The number of nitrogens with one attached hydrogen (secondary N) is 1. The standard InChI is InChI=1S/C17H24ClF3N4O2/c1-3-26-11-12-4-6-25(10-12)16(22-2)23-5-7-27-15-14(18)8-13(9-24-15)17(19,20)21/h8-9,12H,3-7,10-11H2,1-2H3,(H,22,23). The van der Waals surface area contributed by atoms with Crippen molar-refractivity contribution >= 4 is 17.6 Å². The Bertz CT molecular complexity index is 643. The minimum absolute atomic E-state index is 0.0283. The highest BCUT2D eigenvalue weighted by atomic mass is 35.5. The fraction of sp³-hybridized carbons (Fsp3) is 0.647. The van der Waals surface area contributed by atoms with E-state index in [-0.39, 0.29) is 17.5 Å². The van der Waals surface area contributed by atoms with Crippen LogP contribution < -0.4 is 10.1 Å². The Balaban J connectivity index is 1.77. The van der Waals surface area contributed by atoms with Crippen LogP contribution in [-0.4, -0.2) is 62.3 Å². The normalized spacial score (nSPS) is 18.1. The summed E-state index contributed by atoms with van der Waals surface area (Å²) in [5.74, 6) is 1.21. The average molecular weight is 409 g/mol. The first-order chi connectivity index (χ1) is 12.8. The van der Waals surface area contributed by atoms with Gasteiger partial charge in [-0.25, -0.2) is 4.98 Å². The van der Waals surface area contributed by atoms with E-state index in [4.69, 9.17) is 21.1 Å². The molecule has 1 aromatic rings. The molecule has 1 fully saturated rings. The molecule has 0 spiro atoms. The summed E-state index contributed by atoms with van der Waals surface area (Å²) >= 11 is 5.81. The first kappa shape index (κ1) is 21.6. The Morgan fingerprint density at radius 1 is 1.48 bits per heavy atom. The summed E-state index contributed by atoms with van der Waals surface area (Å²) in [5.41, 5.74) is -0.908. The third-order valence-electron chi connectivity index (χ3n) is 4.11. The van der Waals surface area contributed by atoms with Crippen LogP contribution in [-0.2, 0) is 10.9 Å². The van der Waals surface area contributed by atoms with Crippen LogP contribution in [0.25, 0.3) is 0 Å². The van der Waals surface area contributed by atoms with E-state index in [0.29, 0.717) is 25.3 Å². The van der Waals surface area contributed by atoms with Crippen molar-refractivity contribution in [2.75, 3.05) is 46.5 Å². The molecule has 1 atom stereocenters. The number of hydrogen-bond donors (Lipinski definition) is 1. The van der Waals surface area contributed by atoms with Gasteiger partial charge < -0.3 is 19.7 Å². The van der Waals surface area contributed by atoms with Crippen molar-refractivity contribution in [2.24, 2.45) is 10.9 Å². The number of pyridine rings is 1. The summed E-state index contributed by atoms with van der Waals surface area (Å²) in [6.07, 6.45) is -2.74. The minimum Gasteiger partial charge on any atom is -0.475 e. The molecule has 1 saturated heterocycles. The van der Waals surface area contributed by atoms with Gasteiger partial charge in [0.15, 0.2) is 5.96 Å². The summed E-state index contributed by atoms with van der Waals surface area (Å²) in [5, 5.41) is 3.00. The quantitative estimate of drug-likeness (QED) is 0.427. The van der Waals surface area contributed by atoms with E-state index in [2.05, 4.69) is 20.2 Å². The molecule has 6 nitrogen and oxygen atoms in total. The molecular weight excluding hydrogens is 385 g/mol. The van der Waals surface area contributed by atoms with Crippen LogP contribution in [0, 0.1) is 5.92 Å². The highest BCUT2D eigenvalue weighted by Crippen LogP contribution is 2.33. The van der Waals surface area contributed by atoms with Gasteiger partial charge in [0.25, 0.3) is 0 Å². The van der Waals surface area contributed by atoms with Crippen LogP contribution in [0.2, 0.25) is 5.02 Å². The third-order valence-corrected chi connectivity index (χ3v) is 4.38. The van der Waals surface area contributed by atoms with E-state index in [1.807, 2.05) is 6.92 Å². The minimum atomic E-state index is -4.49. The molecule has 1 unspecified atom stereocenters. The van der Waals surface area contributed by atoms with Crippen molar-refractivity contribution in [2.45, 2.75) is 19.5 Å². The summed E-state index contributed by atoms with van der Waals surface area (Å²) in [6.45, 7) is 5.79. The van der Waals surface area contributed by atoms with Gasteiger partial charge in [-0.15, -0.1) is 0 Å². The Kier molecular flexibility index (Phi) is 7.97. The number of guanidine groups is 1. The maximum Gasteiger partial charge on any atom is 0.417 e. The number of aromatic nitrogens is 1. The molecule has 152 valence electrons. The number of rotatable bonds is 7. The molecule has 0 bridgehead atoms. The maximum atomic E-state index is 12.6. The van der Waals surface area contributed by atoms with Gasteiger partial charge in [0.2, 0.25) is 5.88 Å². The average Bonchev–Trinajstić information content (AvgIpc) is 3.09. The number of alkyl halides is 3. The van der Waals surface area contributed by atoms with Crippen LogP contribution in [0.15, 0.2) is 17.3 Å². The highest BCUT2D eigenvalue weighted by molar-refractivity contribution is 6.31. The molecule has 0 aromatic carbocycles. The molecule has 1 N–H and O–H groups in total. The number of hydrogen-bond acceptors (Lipinski definition) is 4. The van der Waals surface area contributed by atoms with Gasteiger partial charge in [-0.2, -0.15) is 13.2 Å². The first-order valence-electron chi connectivity index (χ1n) is 8.74. The van der Waals surface area contributed by atoms with E-state index >= 15 is 0 Å². The summed E-state index contributed by atoms with van der Waals surface area (Å²) < 4.78 is 48.6. The Morgan fingerprint density at radius 3 is 2.89 bits per heavy atom. The Hall–Kier alpha value is -1.74. The molecule has 0 aliphatic carbocycles. The van der Waals surface area contributed by atoms with Crippen LogP contribution in [0.4, 0.5) is 13.2 Å². The van der Waals surface area contributed by atoms with Crippen molar-refractivity contribution in [1.29, 1.82) is 0 Å².